The highest BCUT2D eigenvalue weighted by Crippen LogP contribution is 2.36. The van der Waals surface area contributed by atoms with Gasteiger partial charge in [-0.05, 0) is 49.9 Å². The van der Waals surface area contributed by atoms with Crippen LogP contribution in [0.4, 0.5) is 0 Å². The van der Waals surface area contributed by atoms with Crippen LogP contribution in [0.3, 0.4) is 0 Å². The van der Waals surface area contributed by atoms with Crippen molar-refractivity contribution in [3.63, 3.8) is 0 Å². The number of aliphatic imine (C=N–C) groups is 1. The molecule has 1 aliphatic rings. The molecule has 1 saturated heterocycles. The molecule has 2 aromatic heterocycles. The molecule has 0 amide bonds. The largest absolute Gasteiger partial charge is 0.472 e. The zero-order chi connectivity index (χ0) is 16.8. The first kappa shape index (κ1) is 17.0. The fraction of sp³-hybridized carbons (Fsp3) is 0.500. The Bertz CT molecular complexity index is 624. The Balaban J connectivity index is 1.56. The van der Waals surface area contributed by atoms with E-state index in [-0.39, 0.29) is 0 Å². The van der Waals surface area contributed by atoms with Gasteiger partial charge in [-0.15, -0.1) is 11.3 Å². The lowest BCUT2D eigenvalue weighted by molar-refractivity contribution is 0.125. The number of nitrogens with one attached hydrogen (secondary N) is 2. The first-order valence-electron chi connectivity index (χ1n) is 8.47. The summed E-state index contributed by atoms with van der Waals surface area (Å²) in [5.41, 5.74) is 1.12. The minimum absolute atomic E-state index is 0.498. The molecule has 0 spiro atoms. The molecule has 0 aliphatic carbocycles. The summed E-state index contributed by atoms with van der Waals surface area (Å²) in [7, 11) is 4.05. The summed E-state index contributed by atoms with van der Waals surface area (Å²) >= 11 is 1.86. The van der Waals surface area contributed by atoms with E-state index >= 15 is 0 Å². The molecular weight excluding hydrogens is 320 g/mol. The fourth-order valence-electron chi connectivity index (χ4n) is 3.41. The van der Waals surface area contributed by atoms with Crippen LogP contribution in [0.25, 0.3) is 0 Å². The first-order chi connectivity index (χ1) is 11.8. The number of rotatable bonds is 5. The van der Waals surface area contributed by atoms with E-state index < -0.39 is 0 Å². The number of piperidine rings is 1. The van der Waals surface area contributed by atoms with E-state index in [0.717, 1.165) is 24.6 Å². The third-order valence-electron chi connectivity index (χ3n) is 4.64. The van der Waals surface area contributed by atoms with Gasteiger partial charge in [0, 0.05) is 36.6 Å². The van der Waals surface area contributed by atoms with Gasteiger partial charge in [-0.1, -0.05) is 6.07 Å². The molecule has 0 radical (unpaired) electrons. The molecule has 130 valence electrons. The van der Waals surface area contributed by atoms with Gasteiger partial charge in [-0.25, -0.2) is 0 Å². The van der Waals surface area contributed by atoms with Gasteiger partial charge in [0.1, 0.15) is 0 Å². The second-order valence-corrected chi connectivity index (χ2v) is 7.26. The van der Waals surface area contributed by atoms with Crippen molar-refractivity contribution < 1.29 is 4.42 Å². The van der Waals surface area contributed by atoms with Crippen LogP contribution in [-0.4, -0.2) is 38.0 Å². The van der Waals surface area contributed by atoms with Crippen molar-refractivity contribution in [2.24, 2.45) is 10.9 Å². The lowest BCUT2D eigenvalue weighted by atomic mass is 9.88. The van der Waals surface area contributed by atoms with E-state index in [9.17, 15) is 0 Å². The lowest BCUT2D eigenvalue weighted by Crippen LogP contribution is -2.44. The molecule has 0 bridgehead atoms. The summed E-state index contributed by atoms with van der Waals surface area (Å²) in [5.74, 6) is 1.43. The van der Waals surface area contributed by atoms with Crippen LogP contribution in [0.15, 0.2) is 45.5 Å². The van der Waals surface area contributed by atoms with E-state index in [4.69, 9.17) is 4.42 Å². The molecular formula is C18H26N4OS. The second-order valence-electron chi connectivity index (χ2n) is 6.28. The minimum Gasteiger partial charge on any atom is -0.472 e. The quantitative estimate of drug-likeness (QED) is 0.645. The van der Waals surface area contributed by atoms with Gasteiger partial charge in [-0.3, -0.25) is 9.89 Å². The Morgan fingerprint density at radius 1 is 1.42 bits per heavy atom. The summed E-state index contributed by atoms with van der Waals surface area (Å²) in [6, 6.07) is 6.87. The van der Waals surface area contributed by atoms with Crippen LogP contribution in [0.2, 0.25) is 0 Å². The van der Waals surface area contributed by atoms with Crippen molar-refractivity contribution in [1.82, 2.24) is 15.5 Å². The van der Waals surface area contributed by atoms with Crippen LogP contribution in [-0.2, 0) is 6.54 Å². The van der Waals surface area contributed by atoms with Gasteiger partial charge >= 0.3 is 0 Å². The monoisotopic (exact) mass is 346 g/mol. The van der Waals surface area contributed by atoms with Gasteiger partial charge in [0.05, 0.1) is 12.5 Å². The normalized spacial score (nSPS) is 22.5. The molecule has 6 heteroatoms. The molecule has 0 saturated carbocycles. The highest BCUT2D eigenvalue weighted by Gasteiger charge is 2.31. The third-order valence-corrected chi connectivity index (χ3v) is 5.58. The summed E-state index contributed by atoms with van der Waals surface area (Å²) in [6.07, 6.45) is 5.95. The number of hydrogen-bond acceptors (Lipinski definition) is 4. The molecule has 1 aliphatic heterocycles. The first-order valence-corrected chi connectivity index (χ1v) is 9.35. The number of nitrogens with zero attached hydrogens (tertiary/aromatic N) is 2. The minimum atomic E-state index is 0.498. The summed E-state index contributed by atoms with van der Waals surface area (Å²) < 4.78 is 5.10. The Morgan fingerprint density at radius 2 is 2.33 bits per heavy atom. The smallest absolute Gasteiger partial charge is 0.191 e. The predicted molar refractivity (Wildman–Crippen MR) is 99.3 cm³/mol. The van der Waals surface area contributed by atoms with Gasteiger partial charge in [0.2, 0.25) is 0 Å². The highest BCUT2D eigenvalue weighted by atomic mass is 32.1. The molecule has 3 heterocycles. The van der Waals surface area contributed by atoms with E-state index in [1.54, 1.807) is 12.5 Å². The van der Waals surface area contributed by atoms with E-state index in [0.29, 0.717) is 12.0 Å². The fourth-order valence-corrected chi connectivity index (χ4v) is 4.39. The van der Waals surface area contributed by atoms with E-state index in [2.05, 4.69) is 45.1 Å². The average molecular weight is 346 g/mol. The Kier molecular flexibility index (Phi) is 5.93. The average Bonchev–Trinajstić information content (AvgIpc) is 3.29. The zero-order valence-electron chi connectivity index (χ0n) is 14.4. The van der Waals surface area contributed by atoms with Gasteiger partial charge < -0.3 is 15.1 Å². The van der Waals surface area contributed by atoms with Crippen LogP contribution < -0.4 is 10.6 Å². The van der Waals surface area contributed by atoms with Crippen LogP contribution in [0.1, 0.15) is 29.3 Å². The van der Waals surface area contributed by atoms with Crippen LogP contribution in [0.5, 0.6) is 0 Å². The van der Waals surface area contributed by atoms with Crippen LogP contribution >= 0.6 is 11.3 Å². The van der Waals surface area contributed by atoms with Crippen LogP contribution in [0, 0.1) is 5.92 Å². The van der Waals surface area contributed by atoms with Crippen molar-refractivity contribution in [1.29, 1.82) is 0 Å². The van der Waals surface area contributed by atoms with Crippen molar-refractivity contribution in [2.75, 3.05) is 27.2 Å². The number of furan rings is 1. The molecule has 24 heavy (non-hydrogen) atoms. The van der Waals surface area contributed by atoms with Crippen molar-refractivity contribution in [2.45, 2.75) is 25.4 Å². The van der Waals surface area contributed by atoms with E-state index in [1.807, 2.05) is 24.5 Å². The van der Waals surface area contributed by atoms with Gasteiger partial charge in [0.25, 0.3) is 0 Å². The molecule has 3 rings (SSSR count). The summed E-state index contributed by atoms with van der Waals surface area (Å²) in [6.45, 7) is 2.82. The van der Waals surface area contributed by atoms with Gasteiger partial charge in [0.15, 0.2) is 5.96 Å². The maximum absolute atomic E-state index is 5.10. The molecule has 2 aromatic rings. The molecule has 1 fully saturated rings. The summed E-state index contributed by atoms with van der Waals surface area (Å²) in [5, 5.41) is 9.01. The number of guanidine groups is 1. The molecule has 2 atom stereocenters. The Morgan fingerprint density at radius 3 is 3.04 bits per heavy atom. The Hall–Kier alpha value is -1.79. The molecule has 2 N–H and O–H groups in total. The molecule has 0 aromatic carbocycles. The maximum Gasteiger partial charge on any atom is 0.191 e. The summed E-state index contributed by atoms with van der Waals surface area (Å²) in [4.78, 5) is 8.28. The second kappa shape index (κ2) is 8.35. The third kappa shape index (κ3) is 4.19. The van der Waals surface area contributed by atoms with Gasteiger partial charge in [-0.2, -0.15) is 0 Å². The predicted octanol–water partition coefficient (Wildman–Crippen LogP) is 3.09. The highest BCUT2D eigenvalue weighted by molar-refractivity contribution is 7.10. The molecule has 0 unspecified atom stereocenters. The number of hydrogen-bond donors (Lipinski definition) is 2. The van der Waals surface area contributed by atoms with Crippen molar-refractivity contribution >= 4 is 17.3 Å². The van der Waals surface area contributed by atoms with Crippen molar-refractivity contribution in [3.8, 4) is 0 Å². The topological polar surface area (TPSA) is 52.8 Å². The van der Waals surface area contributed by atoms with E-state index in [1.165, 1.54) is 24.3 Å². The SMILES string of the molecule is CN=C(NCc1ccoc1)NC[C@@H]1CCCN(C)[C@@H]1c1cccs1. The Labute approximate surface area is 147 Å². The van der Waals surface area contributed by atoms with Crippen molar-refractivity contribution in [3.05, 3.63) is 46.5 Å². The standard InChI is InChI=1S/C18H26N4OS/c1-19-18(20-11-14-7-9-23-13-14)21-12-15-5-3-8-22(2)17(15)16-6-4-10-24-16/h4,6-7,9-10,13,15,17H,3,5,8,11-12H2,1-2H3,(H2,19,20,21)/t15-,17-/m0/s1. The maximum atomic E-state index is 5.10. The zero-order valence-corrected chi connectivity index (χ0v) is 15.2. The lowest BCUT2D eigenvalue weighted by Gasteiger charge is -2.39. The molecule has 5 nitrogen and oxygen atoms in total. The number of thiophene rings is 1. The number of likely N-dealkylation sites (tertiary alicyclic amines) is 1.